The maximum Gasteiger partial charge on any atom is 0.220 e. The van der Waals surface area contributed by atoms with E-state index in [4.69, 9.17) is 5.73 Å². The third kappa shape index (κ3) is 4.27. The molecule has 0 aliphatic heterocycles. The molecule has 3 N–H and O–H groups in total. The molecule has 0 aromatic rings. The molecule has 2 rings (SSSR count). The molecule has 0 heterocycles. The van der Waals surface area contributed by atoms with Crippen molar-refractivity contribution in [3.05, 3.63) is 0 Å². The van der Waals surface area contributed by atoms with Crippen LogP contribution < -0.4 is 11.1 Å². The summed E-state index contributed by atoms with van der Waals surface area (Å²) < 4.78 is 0. The Morgan fingerprint density at radius 3 is 2.39 bits per heavy atom. The van der Waals surface area contributed by atoms with Crippen LogP contribution in [0.2, 0.25) is 0 Å². The van der Waals surface area contributed by atoms with Gasteiger partial charge in [-0.3, -0.25) is 4.79 Å². The molecule has 3 nitrogen and oxygen atoms in total. The fourth-order valence-corrected chi connectivity index (χ4v) is 3.46. The normalized spacial score (nSPS) is 30.1. The molecule has 3 heteroatoms. The van der Waals surface area contributed by atoms with Crippen molar-refractivity contribution in [1.82, 2.24) is 5.32 Å². The number of hydrogen-bond acceptors (Lipinski definition) is 2. The van der Waals surface area contributed by atoms with E-state index in [1.807, 2.05) is 0 Å². The second kappa shape index (κ2) is 7.13. The van der Waals surface area contributed by atoms with E-state index in [2.05, 4.69) is 5.32 Å². The van der Waals surface area contributed by atoms with Gasteiger partial charge in [0.1, 0.15) is 0 Å². The van der Waals surface area contributed by atoms with Crippen molar-refractivity contribution in [1.29, 1.82) is 0 Å². The lowest BCUT2D eigenvalue weighted by molar-refractivity contribution is -0.122. The Kier molecular flexibility index (Phi) is 5.48. The van der Waals surface area contributed by atoms with E-state index in [0.29, 0.717) is 17.9 Å². The summed E-state index contributed by atoms with van der Waals surface area (Å²) in [4.78, 5) is 11.9. The first-order chi connectivity index (χ1) is 8.75. The second-order valence-corrected chi connectivity index (χ2v) is 6.22. The summed E-state index contributed by atoms with van der Waals surface area (Å²) in [6.07, 6.45) is 12.1. The molecule has 2 unspecified atom stereocenters. The highest BCUT2D eigenvalue weighted by Crippen LogP contribution is 2.26. The van der Waals surface area contributed by atoms with Crippen molar-refractivity contribution in [2.24, 2.45) is 17.6 Å². The minimum Gasteiger partial charge on any atom is -0.356 e. The standard InChI is InChI=1S/C15H28N2O/c16-14-9-5-4-8-13(14)11-17-15(18)10-12-6-2-1-3-7-12/h12-14H,1-11,16H2,(H,17,18). The third-order valence-corrected chi connectivity index (χ3v) is 4.73. The number of nitrogens with two attached hydrogens (primary N) is 1. The van der Waals surface area contributed by atoms with Crippen LogP contribution in [0.15, 0.2) is 0 Å². The molecule has 2 saturated carbocycles. The molecule has 1 amide bonds. The molecule has 104 valence electrons. The number of carbonyl (C=O) groups is 1. The Hall–Kier alpha value is -0.570. The molecular weight excluding hydrogens is 224 g/mol. The van der Waals surface area contributed by atoms with Crippen LogP contribution in [0.1, 0.15) is 64.2 Å². The Balaban J connectivity index is 1.64. The van der Waals surface area contributed by atoms with Gasteiger partial charge in [0, 0.05) is 19.0 Å². The summed E-state index contributed by atoms with van der Waals surface area (Å²) in [7, 11) is 0. The van der Waals surface area contributed by atoms with Crippen LogP contribution in [0, 0.1) is 11.8 Å². The lowest BCUT2D eigenvalue weighted by Crippen LogP contribution is -2.41. The van der Waals surface area contributed by atoms with Gasteiger partial charge in [-0.15, -0.1) is 0 Å². The molecule has 2 aliphatic carbocycles. The highest BCUT2D eigenvalue weighted by atomic mass is 16.1. The maximum absolute atomic E-state index is 11.9. The van der Waals surface area contributed by atoms with Crippen molar-refractivity contribution < 1.29 is 4.79 Å². The van der Waals surface area contributed by atoms with Gasteiger partial charge >= 0.3 is 0 Å². The van der Waals surface area contributed by atoms with Crippen molar-refractivity contribution in [3.63, 3.8) is 0 Å². The summed E-state index contributed by atoms with van der Waals surface area (Å²) in [6.45, 7) is 0.798. The first kappa shape index (κ1) is 13.9. The minimum absolute atomic E-state index is 0.250. The van der Waals surface area contributed by atoms with Gasteiger partial charge in [-0.2, -0.15) is 0 Å². The second-order valence-electron chi connectivity index (χ2n) is 6.22. The van der Waals surface area contributed by atoms with Crippen LogP contribution in [0.5, 0.6) is 0 Å². The topological polar surface area (TPSA) is 55.1 Å². The Labute approximate surface area is 111 Å². The Bertz CT molecular complexity index is 261. The number of carbonyl (C=O) groups excluding carboxylic acids is 1. The lowest BCUT2D eigenvalue weighted by atomic mass is 9.84. The highest BCUT2D eigenvalue weighted by molar-refractivity contribution is 5.76. The number of rotatable bonds is 4. The van der Waals surface area contributed by atoms with E-state index in [1.165, 1.54) is 51.4 Å². The molecule has 2 atom stereocenters. The Morgan fingerprint density at radius 2 is 1.67 bits per heavy atom. The van der Waals surface area contributed by atoms with Crippen LogP contribution >= 0.6 is 0 Å². The van der Waals surface area contributed by atoms with E-state index < -0.39 is 0 Å². The zero-order valence-corrected chi connectivity index (χ0v) is 11.5. The lowest BCUT2D eigenvalue weighted by Gasteiger charge is -2.29. The van der Waals surface area contributed by atoms with Gasteiger partial charge in [0.05, 0.1) is 0 Å². The van der Waals surface area contributed by atoms with Gasteiger partial charge in [-0.1, -0.05) is 32.1 Å². The first-order valence-corrected chi connectivity index (χ1v) is 7.78. The molecular formula is C15H28N2O. The molecule has 0 aromatic heterocycles. The van der Waals surface area contributed by atoms with Crippen LogP contribution in [-0.4, -0.2) is 18.5 Å². The fourth-order valence-electron chi connectivity index (χ4n) is 3.46. The summed E-state index contributed by atoms with van der Waals surface area (Å²) >= 11 is 0. The molecule has 0 radical (unpaired) electrons. The van der Waals surface area contributed by atoms with E-state index >= 15 is 0 Å². The van der Waals surface area contributed by atoms with E-state index in [9.17, 15) is 4.79 Å². The number of amides is 1. The van der Waals surface area contributed by atoms with Crippen molar-refractivity contribution in [2.45, 2.75) is 70.3 Å². The molecule has 0 aromatic carbocycles. The molecule has 2 fully saturated rings. The summed E-state index contributed by atoms with van der Waals surface area (Å²) in [5, 5.41) is 3.11. The van der Waals surface area contributed by atoms with Crippen molar-refractivity contribution in [3.8, 4) is 0 Å². The van der Waals surface area contributed by atoms with Crippen LogP contribution in [0.3, 0.4) is 0 Å². The maximum atomic E-state index is 11.9. The monoisotopic (exact) mass is 252 g/mol. The van der Waals surface area contributed by atoms with Crippen LogP contribution in [0.4, 0.5) is 0 Å². The Morgan fingerprint density at radius 1 is 1.00 bits per heavy atom. The zero-order valence-electron chi connectivity index (χ0n) is 11.5. The van der Waals surface area contributed by atoms with E-state index in [0.717, 1.165) is 19.4 Å². The van der Waals surface area contributed by atoms with Gasteiger partial charge in [-0.25, -0.2) is 0 Å². The van der Waals surface area contributed by atoms with Gasteiger partial charge in [0.25, 0.3) is 0 Å². The average molecular weight is 252 g/mol. The van der Waals surface area contributed by atoms with Crippen molar-refractivity contribution >= 4 is 5.91 Å². The predicted octanol–water partition coefficient (Wildman–Crippen LogP) is 2.59. The molecule has 0 saturated heterocycles. The smallest absolute Gasteiger partial charge is 0.220 e. The van der Waals surface area contributed by atoms with Gasteiger partial charge in [-0.05, 0) is 37.5 Å². The largest absolute Gasteiger partial charge is 0.356 e. The van der Waals surface area contributed by atoms with E-state index in [1.54, 1.807) is 0 Å². The third-order valence-electron chi connectivity index (χ3n) is 4.73. The number of hydrogen-bond donors (Lipinski definition) is 2. The molecule has 2 aliphatic rings. The first-order valence-electron chi connectivity index (χ1n) is 7.78. The summed E-state index contributed by atoms with van der Waals surface area (Å²) in [5.74, 6) is 1.40. The fraction of sp³-hybridized carbons (Fsp3) is 0.933. The minimum atomic E-state index is 0.250. The summed E-state index contributed by atoms with van der Waals surface area (Å²) in [5.41, 5.74) is 6.10. The van der Waals surface area contributed by atoms with Gasteiger partial charge in [0.15, 0.2) is 0 Å². The average Bonchev–Trinajstić information content (AvgIpc) is 2.39. The highest BCUT2D eigenvalue weighted by Gasteiger charge is 2.23. The van der Waals surface area contributed by atoms with Gasteiger partial charge in [0.2, 0.25) is 5.91 Å². The predicted molar refractivity (Wildman–Crippen MR) is 74.1 cm³/mol. The van der Waals surface area contributed by atoms with Crippen LogP contribution in [0.25, 0.3) is 0 Å². The van der Waals surface area contributed by atoms with Crippen molar-refractivity contribution in [2.75, 3.05) is 6.54 Å². The molecule has 0 bridgehead atoms. The quantitative estimate of drug-likeness (QED) is 0.808. The number of nitrogens with one attached hydrogen (secondary N) is 1. The van der Waals surface area contributed by atoms with Gasteiger partial charge < -0.3 is 11.1 Å². The zero-order chi connectivity index (χ0) is 12.8. The molecule has 18 heavy (non-hydrogen) atoms. The van der Waals surface area contributed by atoms with Crippen LogP contribution in [-0.2, 0) is 4.79 Å². The van der Waals surface area contributed by atoms with E-state index in [-0.39, 0.29) is 5.91 Å². The summed E-state index contributed by atoms with van der Waals surface area (Å²) in [6, 6.07) is 0.300. The molecule has 0 spiro atoms. The SMILES string of the molecule is NC1CCCCC1CNC(=O)CC1CCCCC1.